The zero-order valence-electron chi connectivity index (χ0n) is 16.2. The highest BCUT2D eigenvalue weighted by Gasteiger charge is 2.32. The normalized spacial score (nSPS) is 17.6. The van der Waals surface area contributed by atoms with Crippen LogP contribution in [0.5, 0.6) is 0 Å². The lowest BCUT2D eigenvalue weighted by Gasteiger charge is -2.35. The topological polar surface area (TPSA) is 65.5 Å². The van der Waals surface area contributed by atoms with Gasteiger partial charge in [0.05, 0.1) is 6.10 Å². The van der Waals surface area contributed by atoms with Crippen molar-refractivity contribution in [2.24, 2.45) is 17.3 Å². The summed E-state index contributed by atoms with van der Waals surface area (Å²) in [5.41, 5.74) is 0.834. The maximum absolute atomic E-state index is 12.5. The molecule has 5 heteroatoms. The zero-order chi connectivity index (χ0) is 18.6. The Labute approximate surface area is 151 Å². The van der Waals surface area contributed by atoms with Gasteiger partial charge in [0, 0.05) is 37.2 Å². The number of anilines is 1. The minimum atomic E-state index is -0.428. The molecule has 25 heavy (non-hydrogen) atoms. The molecule has 1 unspecified atom stereocenters. The van der Waals surface area contributed by atoms with Crippen molar-refractivity contribution in [3.05, 3.63) is 23.9 Å². The first-order chi connectivity index (χ1) is 11.7. The molecule has 0 spiro atoms. The van der Waals surface area contributed by atoms with Crippen LogP contribution in [0.15, 0.2) is 18.3 Å². The predicted octanol–water partition coefficient (Wildman–Crippen LogP) is 2.77. The molecule has 0 bridgehead atoms. The van der Waals surface area contributed by atoms with E-state index < -0.39 is 6.10 Å². The van der Waals surface area contributed by atoms with E-state index in [0.717, 1.165) is 37.3 Å². The van der Waals surface area contributed by atoms with Crippen LogP contribution >= 0.6 is 0 Å². The van der Waals surface area contributed by atoms with E-state index in [4.69, 9.17) is 0 Å². The molecule has 2 rings (SSSR count). The van der Waals surface area contributed by atoms with Crippen LogP contribution < -0.4 is 10.2 Å². The van der Waals surface area contributed by atoms with Crippen molar-refractivity contribution >= 4 is 11.7 Å². The first-order valence-corrected chi connectivity index (χ1v) is 9.34. The lowest BCUT2D eigenvalue weighted by Crippen LogP contribution is -2.47. The Morgan fingerprint density at radius 2 is 2.00 bits per heavy atom. The minimum Gasteiger partial charge on any atom is -0.392 e. The third-order valence-corrected chi connectivity index (χ3v) is 5.24. The van der Waals surface area contributed by atoms with Gasteiger partial charge in [0.15, 0.2) is 0 Å². The highest BCUT2D eigenvalue weighted by atomic mass is 16.3. The number of nitrogens with one attached hydrogen (secondary N) is 1. The molecule has 0 aliphatic carbocycles. The molecular formula is C20H33N3O2. The fourth-order valence-electron chi connectivity index (χ4n) is 3.48. The average Bonchev–Trinajstić information content (AvgIpc) is 2.59. The van der Waals surface area contributed by atoms with Crippen molar-refractivity contribution in [3.63, 3.8) is 0 Å². The van der Waals surface area contributed by atoms with Crippen molar-refractivity contribution in [2.45, 2.75) is 53.6 Å². The number of hydrogen-bond acceptors (Lipinski definition) is 4. The number of carbonyl (C=O) groups excluding carboxylic acids is 1. The number of carbonyl (C=O) groups is 1. The van der Waals surface area contributed by atoms with Gasteiger partial charge in [-0.15, -0.1) is 0 Å². The summed E-state index contributed by atoms with van der Waals surface area (Å²) in [7, 11) is 0. The molecule has 1 aromatic rings. The van der Waals surface area contributed by atoms with Crippen LogP contribution in [0.25, 0.3) is 0 Å². The summed E-state index contributed by atoms with van der Waals surface area (Å²) in [4.78, 5) is 19.2. The molecule has 1 aliphatic rings. The fraction of sp³-hybridized carbons (Fsp3) is 0.700. The molecule has 5 nitrogen and oxygen atoms in total. The van der Waals surface area contributed by atoms with Crippen molar-refractivity contribution < 1.29 is 9.90 Å². The van der Waals surface area contributed by atoms with Gasteiger partial charge in [-0.3, -0.25) is 4.79 Å². The maximum Gasteiger partial charge on any atom is 0.223 e. The van der Waals surface area contributed by atoms with E-state index in [1.807, 2.05) is 46.9 Å². The van der Waals surface area contributed by atoms with E-state index in [9.17, 15) is 9.90 Å². The van der Waals surface area contributed by atoms with Gasteiger partial charge in [-0.25, -0.2) is 4.98 Å². The number of aromatic nitrogens is 1. The molecular weight excluding hydrogens is 314 g/mol. The molecule has 0 aromatic carbocycles. The molecule has 1 atom stereocenters. The Morgan fingerprint density at radius 3 is 2.52 bits per heavy atom. The van der Waals surface area contributed by atoms with Gasteiger partial charge in [0.2, 0.25) is 5.91 Å². The van der Waals surface area contributed by atoms with Gasteiger partial charge in [-0.2, -0.15) is 0 Å². The van der Waals surface area contributed by atoms with E-state index in [2.05, 4.69) is 21.3 Å². The van der Waals surface area contributed by atoms with Crippen LogP contribution in [0, 0.1) is 24.2 Å². The summed E-state index contributed by atoms with van der Waals surface area (Å²) in [6.45, 7) is 12.3. The third kappa shape index (κ3) is 5.18. The molecule has 2 N–H and O–H groups in total. The molecule has 2 heterocycles. The van der Waals surface area contributed by atoms with E-state index in [0.29, 0.717) is 6.54 Å². The molecule has 1 fully saturated rings. The molecule has 0 saturated carbocycles. The largest absolute Gasteiger partial charge is 0.392 e. The first kappa shape index (κ1) is 19.7. The monoisotopic (exact) mass is 347 g/mol. The fourth-order valence-corrected chi connectivity index (χ4v) is 3.48. The molecule has 1 aliphatic heterocycles. The minimum absolute atomic E-state index is 0.0497. The SMILES string of the molecule is Cc1ccc(N2CCC(C(=O)NCC(C)(C)C(O)C(C)C)CC2)nc1. The van der Waals surface area contributed by atoms with Gasteiger partial charge >= 0.3 is 0 Å². The van der Waals surface area contributed by atoms with Crippen molar-refractivity contribution in [3.8, 4) is 0 Å². The molecule has 1 amide bonds. The van der Waals surface area contributed by atoms with Crippen LogP contribution in [-0.2, 0) is 4.79 Å². The van der Waals surface area contributed by atoms with Crippen LogP contribution in [0.4, 0.5) is 5.82 Å². The number of rotatable bonds is 6. The highest BCUT2D eigenvalue weighted by Crippen LogP contribution is 2.26. The second-order valence-corrected chi connectivity index (χ2v) is 8.35. The second-order valence-electron chi connectivity index (χ2n) is 8.35. The maximum atomic E-state index is 12.5. The number of aliphatic hydroxyl groups excluding tert-OH is 1. The summed E-state index contributed by atoms with van der Waals surface area (Å²) >= 11 is 0. The number of amides is 1. The van der Waals surface area contributed by atoms with Crippen molar-refractivity contribution in [1.82, 2.24) is 10.3 Å². The van der Waals surface area contributed by atoms with E-state index in [1.54, 1.807) is 0 Å². The number of aliphatic hydroxyl groups is 1. The second kappa shape index (κ2) is 8.17. The smallest absolute Gasteiger partial charge is 0.223 e. The standard InChI is InChI=1S/C20H33N3O2/c1-14(2)18(24)20(4,5)13-22-19(25)16-8-10-23(11-9-16)17-7-6-15(3)12-21-17/h6-7,12,14,16,18,24H,8-11,13H2,1-5H3,(H,22,25). The van der Waals surface area contributed by atoms with Gasteiger partial charge in [-0.05, 0) is 37.3 Å². The number of nitrogens with zero attached hydrogens (tertiary/aromatic N) is 2. The van der Waals surface area contributed by atoms with Crippen LogP contribution in [-0.4, -0.2) is 41.7 Å². The van der Waals surface area contributed by atoms with E-state index in [-0.39, 0.29) is 23.2 Å². The Bertz CT molecular complexity index is 561. The Balaban J connectivity index is 1.82. The summed E-state index contributed by atoms with van der Waals surface area (Å²) in [6, 6.07) is 4.12. The van der Waals surface area contributed by atoms with Gasteiger partial charge in [0.1, 0.15) is 5.82 Å². The lowest BCUT2D eigenvalue weighted by atomic mass is 9.80. The van der Waals surface area contributed by atoms with Crippen LogP contribution in [0.1, 0.15) is 46.1 Å². The summed E-state index contributed by atoms with van der Waals surface area (Å²) in [6.07, 6.45) is 3.14. The first-order valence-electron chi connectivity index (χ1n) is 9.34. The van der Waals surface area contributed by atoms with Crippen molar-refractivity contribution in [1.29, 1.82) is 0 Å². The number of hydrogen-bond donors (Lipinski definition) is 2. The van der Waals surface area contributed by atoms with Crippen LogP contribution in [0.3, 0.4) is 0 Å². The quantitative estimate of drug-likeness (QED) is 0.830. The number of pyridine rings is 1. The van der Waals surface area contributed by atoms with Gasteiger partial charge < -0.3 is 15.3 Å². The lowest BCUT2D eigenvalue weighted by molar-refractivity contribution is -0.126. The predicted molar refractivity (Wildman–Crippen MR) is 102 cm³/mol. The number of aryl methyl sites for hydroxylation is 1. The summed E-state index contributed by atoms with van der Waals surface area (Å²) in [5.74, 6) is 1.33. The van der Waals surface area contributed by atoms with E-state index >= 15 is 0 Å². The van der Waals surface area contributed by atoms with E-state index in [1.165, 1.54) is 0 Å². The highest BCUT2D eigenvalue weighted by molar-refractivity contribution is 5.79. The Hall–Kier alpha value is -1.62. The average molecular weight is 348 g/mol. The zero-order valence-corrected chi connectivity index (χ0v) is 16.2. The summed E-state index contributed by atoms with van der Waals surface area (Å²) in [5, 5.41) is 13.4. The Morgan fingerprint density at radius 1 is 1.36 bits per heavy atom. The van der Waals surface area contributed by atoms with Gasteiger partial charge in [0.25, 0.3) is 0 Å². The van der Waals surface area contributed by atoms with Gasteiger partial charge in [-0.1, -0.05) is 33.8 Å². The molecule has 1 aromatic heterocycles. The Kier molecular flexibility index (Phi) is 6.44. The van der Waals surface area contributed by atoms with Crippen LogP contribution in [0.2, 0.25) is 0 Å². The molecule has 1 saturated heterocycles. The summed E-state index contributed by atoms with van der Waals surface area (Å²) < 4.78 is 0. The molecule has 140 valence electrons. The number of piperidine rings is 1. The third-order valence-electron chi connectivity index (χ3n) is 5.24. The van der Waals surface area contributed by atoms with Crippen molar-refractivity contribution in [2.75, 3.05) is 24.5 Å². The molecule has 0 radical (unpaired) electrons.